The van der Waals surface area contributed by atoms with Gasteiger partial charge in [-0.2, -0.15) is 0 Å². The standard InChI is InChI=1S/C24H29N3O2S/c25-20-15-14-18(22-11-8-16-30-22)17-21(20)27-24(29)13-7-2-1-6-12-23(28)26-19-9-4-3-5-10-19/h3-5,8-11,16-17H,1-2,6-7,12-15,25H2,(H,26,28)(H,27,29). The van der Waals surface area contributed by atoms with Crippen molar-refractivity contribution in [2.24, 2.45) is 5.73 Å². The molecule has 2 amide bonds. The highest BCUT2D eigenvalue weighted by atomic mass is 32.1. The van der Waals surface area contributed by atoms with Gasteiger partial charge in [-0.05, 0) is 60.9 Å². The first-order chi connectivity index (χ1) is 14.6. The van der Waals surface area contributed by atoms with Crippen LogP contribution in [0.5, 0.6) is 0 Å². The van der Waals surface area contributed by atoms with Crippen LogP contribution in [0.15, 0.2) is 65.3 Å². The number of benzene rings is 1. The van der Waals surface area contributed by atoms with Gasteiger partial charge in [0.2, 0.25) is 11.8 Å². The number of carbonyl (C=O) groups excluding carboxylic acids is 2. The highest BCUT2D eigenvalue weighted by molar-refractivity contribution is 7.11. The number of anilines is 1. The van der Waals surface area contributed by atoms with E-state index in [2.05, 4.69) is 22.1 Å². The maximum atomic E-state index is 12.3. The van der Waals surface area contributed by atoms with Crippen LogP contribution in [0.4, 0.5) is 5.69 Å². The lowest BCUT2D eigenvalue weighted by atomic mass is 9.99. The summed E-state index contributed by atoms with van der Waals surface area (Å²) in [6, 6.07) is 13.6. The smallest absolute Gasteiger partial charge is 0.224 e. The number of amides is 2. The lowest BCUT2D eigenvalue weighted by molar-refractivity contribution is -0.120. The summed E-state index contributed by atoms with van der Waals surface area (Å²) < 4.78 is 0. The zero-order chi connectivity index (χ0) is 21.2. The zero-order valence-electron chi connectivity index (χ0n) is 17.2. The van der Waals surface area contributed by atoms with Crippen LogP contribution < -0.4 is 16.4 Å². The van der Waals surface area contributed by atoms with E-state index in [1.807, 2.05) is 42.5 Å². The van der Waals surface area contributed by atoms with E-state index in [0.29, 0.717) is 12.8 Å². The predicted octanol–water partition coefficient (Wildman–Crippen LogP) is 5.19. The van der Waals surface area contributed by atoms with Gasteiger partial charge in [-0.15, -0.1) is 11.3 Å². The number of rotatable bonds is 10. The number of thiophene rings is 1. The molecular formula is C24H29N3O2S. The minimum absolute atomic E-state index is 0.00143. The largest absolute Gasteiger partial charge is 0.400 e. The Labute approximate surface area is 182 Å². The molecule has 6 heteroatoms. The molecule has 1 aromatic carbocycles. The van der Waals surface area contributed by atoms with E-state index in [1.54, 1.807) is 11.3 Å². The molecule has 1 aromatic heterocycles. The minimum atomic E-state index is -0.00143. The molecule has 4 N–H and O–H groups in total. The van der Waals surface area contributed by atoms with Crippen molar-refractivity contribution in [2.45, 2.75) is 51.4 Å². The molecule has 1 heterocycles. The van der Waals surface area contributed by atoms with Crippen LogP contribution in [0.1, 0.15) is 56.2 Å². The molecule has 0 fully saturated rings. The molecule has 0 aliphatic heterocycles. The van der Waals surface area contributed by atoms with Gasteiger partial charge in [-0.25, -0.2) is 0 Å². The fourth-order valence-corrected chi connectivity index (χ4v) is 4.17. The van der Waals surface area contributed by atoms with E-state index in [0.717, 1.165) is 55.6 Å². The normalized spacial score (nSPS) is 13.7. The van der Waals surface area contributed by atoms with E-state index in [-0.39, 0.29) is 11.8 Å². The van der Waals surface area contributed by atoms with Gasteiger partial charge >= 0.3 is 0 Å². The predicted molar refractivity (Wildman–Crippen MR) is 124 cm³/mol. The van der Waals surface area contributed by atoms with Crippen LogP contribution >= 0.6 is 11.3 Å². The maximum Gasteiger partial charge on any atom is 0.224 e. The molecule has 158 valence electrons. The molecule has 3 rings (SSSR count). The summed E-state index contributed by atoms with van der Waals surface area (Å²) in [6.45, 7) is 0. The number of nitrogens with one attached hydrogen (secondary N) is 2. The van der Waals surface area contributed by atoms with Gasteiger partial charge in [-0.1, -0.05) is 37.1 Å². The maximum absolute atomic E-state index is 12.3. The molecule has 0 unspecified atom stereocenters. The first-order valence-corrected chi connectivity index (χ1v) is 11.4. The van der Waals surface area contributed by atoms with Crippen molar-refractivity contribution in [3.8, 4) is 0 Å². The van der Waals surface area contributed by atoms with E-state index >= 15 is 0 Å². The molecule has 1 aliphatic rings. The van der Waals surface area contributed by atoms with Gasteiger partial charge in [0.05, 0.1) is 5.70 Å². The summed E-state index contributed by atoms with van der Waals surface area (Å²) in [6.07, 6.45) is 8.14. The van der Waals surface area contributed by atoms with Crippen LogP contribution in [0.3, 0.4) is 0 Å². The molecule has 2 aromatic rings. The third-order valence-corrected chi connectivity index (χ3v) is 6.00. The number of hydrogen-bond acceptors (Lipinski definition) is 4. The molecule has 1 aliphatic carbocycles. The average Bonchev–Trinajstić information content (AvgIpc) is 3.28. The van der Waals surface area contributed by atoms with Crippen molar-refractivity contribution in [2.75, 3.05) is 5.32 Å². The Bertz CT molecular complexity index is 902. The summed E-state index contributed by atoms with van der Waals surface area (Å²) in [4.78, 5) is 25.5. The zero-order valence-corrected chi connectivity index (χ0v) is 18.0. The van der Waals surface area contributed by atoms with Gasteiger partial charge in [0.15, 0.2) is 0 Å². The Morgan fingerprint density at radius 1 is 0.867 bits per heavy atom. The molecule has 0 spiro atoms. The van der Waals surface area contributed by atoms with Crippen molar-refractivity contribution >= 4 is 34.4 Å². The first-order valence-electron chi connectivity index (χ1n) is 10.5. The Balaban J connectivity index is 1.32. The van der Waals surface area contributed by atoms with Gasteiger partial charge in [0.1, 0.15) is 0 Å². The van der Waals surface area contributed by atoms with E-state index in [1.165, 1.54) is 10.5 Å². The lowest BCUT2D eigenvalue weighted by Crippen LogP contribution is -2.26. The fraction of sp³-hybridized carbons (Fsp3) is 0.333. The number of hydrogen-bond donors (Lipinski definition) is 3. The third-order valence-electron chi connectivity index (χ3n) is 5.06. The monoisotopic (exact) mass is 423 g/mol. The lowest BCUT2D eigenvalue weighted by Gasteiger charge is -2.18. The molecule has 30 heavy (non-hydrogen) atoms. The Morgan fingerprint density at radius 2 is 1.57 bits per heavy atom. The van der Waals surface area contributed by atoms with Crippen LogP contribution in [0, 0.1) is 0 Å². The van der Waals surface area contributed by atoms with E-state index in [9.17, 15) is 9.59 Å². The number of carbonyl (C=O) groups is 2. The second-order valence-corrected chi connectivity index (χ2v) is 8.41. The summed E-state index contributed by atoms with van der Waals surface area (Å²) in [5.41, 5.74) is 9.64. The number of nitrogens with two attached hydrogens (primary N) is 1. The van der Waals surface area contributed by atoms with Gasteiger partial charge in [-0.3, -0.25) is 9.59 Å². The third kappa shape index (κ3) is 6.88. The number of unbranched alkanes of at least 4 members (excludes halogenated alkanes) is 3. The summed E-state index contributed by atoms with van der Waals surface area (Å²) in [7, 11) is 0. The Kier molecular flexibility index (Phi) is 8.27. The molecule has 0 bridgehead atoms. The summed E-state index contributed by atoms with van der Waals surface area (Å²) >= 11 is 1.70. The van der Waals surface area contributed by atoms with Gasteiger partial charge in [0, 0.05) is 29.1 Å². The summed E-state index contributed by atoms with van der Waals surface area (Å²) in [5.74, 6) is 0.0328. The fourth-order valence-electron chi connectivity index (χ4n) is 3.40. The van der Waals surface area contributed by atoms with E-state index < -0.39 is 0 Å². The number of allylic oxidation sites excluding steroid dienone is 3. The van der Waals surface area contributed by atoms with Crippen molar-refractivity contribution in [3.05, 3.63) is 70.2 Å². The van der Waals surface area contributed by atoms with Crippen molar-refractivity contribution in [3.63, 3.8) is 0 Å². The molecule has 5 nitrogen and oxygen atoms in total. The minimum Gasteiger partial charge on any atom is -0.400 e. The Morgan fingerprint density at radius 3 is 2.23 bits per heavy atom. The molecular weight excluding hydrogens is 394 g/mol. The van der Waals surface area contributed by atoms with Crippen LogP contribution in [-0.4, -0.2) is 11.8 Å². The van der Waals surface area contributed by atoms with Crippen molar-refractivity contribution in [1.82, 2.24) is 5.32 Å². The topological polar surface area (TPSA) is 84.2 Å². The highest BCUT2D eigenvalue weighted by Gasteiger charge is 2.15. The van der Waals surface area contributed by atoms with Crippen molar-refractivity contribution < 1.29 is 9.59 Å². The summed E-state index contributed by atoms with van der Waals surface area (Å²) in [5, 5.41) is 7.92. The van der Waals surface area contributed by atoms with Crippen LogP contribution in [0.2, 0.25) is 0 Å². The number of para-hydroxylation sites is 1. The molecule has 0 atom stereocenters. The Hall–Kier alpha value is -2.86. The van der Waals surface area contributed by atoms with Gasteiger partial charge < -0.3 is 16.4 Å². The molecule has 0 saturated carbocycles. The quantitative estimate of drug-likeness (QED) is 0.460. The first kappa shape index (κ1) is 21.8. The average molecular weight is 424 g/mol. The second kappa shape index (κ2) is 11.4. The highest BCUT2D eigenvalue weighted by Crippen LogP contribution is 2.30. The van der Waals surface area contributed by atoms with Gasteiger partial charge in [0.25, 0.3) is 0 Å². The molecule has 0 saturated heterocycles. The van der Waals surface area contributed by atoms with Crippen LogP contribution in [-0.2, 0) is 9.59 Å². The van der Waals surface area contributed by atoms with Crippen molar-refractivity contribution in [1.29, 1.82) is 0 Å². The molecule has 0 radical (unpaired) electrons. The van der Waals surface area contributed by atoms with Crippen LogP contribution in [0.25, 0.3) is 5.57 Å². The second-order valence-electron chi connectivity index (χ2n) is 7.46. The van der Waals surface area contributed by atoms with E-state index in [4.69, 9.17) is 5.73 Å². The SMILES string of the molecule is NC1=C(NC(=O)CCCCCCC(=O)Nc2ccccc2)C=C(c2cccs2)CC1.